The van der Waals surface area contributed by atoms with E-state index >= 15 is 0 Å². The van der Waals surface area contributed by atoms with Crippen molar-refractivity contribution in [2.45, 2.75) is 33.7 Å². The van der Waals surface area contributed by atoms with E-state index in [1.54, 1.807) is 24.3 Å². The number of halogens is 1. The van der Waals surface area contributed by atoms with Gasteiger partial charge in [-0.1, -0.05) is 41.4 Å². The van der Waals surface area contributed by atoms with E-state index in [0.29, 0.717) is 5.02 Å². The van der Waals surface area contributed by atoms with E-state index in [4.69, 9.17) is 11.6 Å². The van der Waals surface area contributed by atoms with Crippen LogP contribution in [0.4, 0.5) is 5.69 Å². The first kappa shape index (κ1) is 21.4. The maximum absolute atomic E-state index is 12.2. The quantitative estimate of drug-likeness (QED) is 0.694. The number of carbonyl (C=O) groups excluding carboxylic acids is 3. The lowest BCUT2D eigenvalue weighted by Crippen LogP contribution is -2.46. The van der Waals surface area contributed by atoms with Gasteiger partial charge in [0.1, 0.15) is 6.04 Å². The summed E-state index contributed by atoms with van der Waals surface area (Å²) < 4.78 is 0. The van der Waals surface area contributed by atoms with Gasteiger partial charge in [-0.15, -0.1) is 0 Å². The number of benzene rings is 2. The maximum Gasteiger partial charge on any atom is 0.253 e. The second-order valence-electron chi connectivity index (χ2n) is 6.71. The Morgan fingerprint density at radius 3 is 2.25 bits per heavy atom. The monoisotopic (exact) mass is 401 g/mol. The lowest BCUT2D eigenvalue weighted by Gasteiger charge is -2.16. The summed E-state index contributed by atoms with van der Waals surface area (Å²) in [4.78, 5) is 36.6. The van der Waals surface area contributed by atoms with E-state index in [0.717, 1.165) is 22.4 Å². The second kappa shape index (κ2) is 9.37. The Labute approximate surface area is 169 Å². The van der Waals surface area contributed by atoms with E-state index in [1.807, 2.05) is 32.9 Å². The van der Waals surface area contributed by atoms with Gasteiger partial charge in [-0.2, -0.15) is 0 Å². The zero-order valence-corrected chi connectivity index (χ0v) is 17.1. The highest BCUT2D eigenvalue weighted by molar-refractivity contribution is 6.33. The fourth-order valence-corrected chi connectivity index (χ4v) is 3.09. The van der Waals surface area contributed by atoms with Gasteiger partial charge in [0, 0.05) is 5.69 Å². The second-order valence-corrected chi connectivity index (χ2v) is 7.12. The lowest BCUT2D eigenvalue weighted by atomic mass is 10.1. The molecule has 7 heteroatoms. The van der Waals surface area contributed by atoms with Crippen LogP contribution in [0, 0.1) is 20.8 Å². The molecule has 2 rings (SSSR count). The van der Waals surface area contributed by atoms with Crippen LogP contribution in [0.2, 0.25) is 5.02 Å². The van der Waals surface area contributed by atoms with Crippen molar-refractivity contribution in [3.8, 4) is 0 Å². The molecule has 0 saturated carbocycles. The third kappa shape index (κ3) is 5.57. The number of carbonyl (C=O) groups is 3. The summed E-state index contributed by atoms with van der Waals surface area (Å²) in [6.45, 7) is 7.17. The Hall–Kier alpha value is -2.86. The molecule has 0 aromatic heterocycles. The van der Waals surface area contributed by atoms with Crippen LogP contribution >= 0.6 is 11.6 Å². The van der Waals surface area contributed by atoms with Gasteiger partial charge in [0.25, 0.3) is 5.91 Å². The van der Waals surface area contributed by atoms with Crippen LogP contribution in [0.25, 0.3) is 0 Å². The molecule has 28 heavy (non-hydrogen) atoms. The van der Waals surface area contributed by atoms with Crippen LogP contribution in [0.15, 0.2) is 36.4 Å². The smallest absolute Gasteiger partial charge is 0.253 e. The van der Waals surface area contributed by atoms with Gasteiger partial charge in [0.15, 0.2) is 0 Å². The molecule has 0 aliphatic rings. The molecule has 148 valence electrons. The van der Waals surface area contributed by atoms with Crippen molar-refractivity contribution in [1.29, 1.82) is 0 Å². The molecule has 3 amide bonds. The first-order chi connectivity index (χ1) is 13.2. The summed E-state index contributed by atoms with van der Waals surface area (Å²) in [6, 6.07) is 9.71. The van der Waals surface area contributed by atoms with Crippen molar-refractivity contribution in [3.63, 3.8) is 0 Å². The molecule has 2 aromatic rings. The van der Waals surface area contributed by atoms with Gasteiger partial charge >= 0.3 is 0 Å². The fourth-order valence-electron chi connectivity index (χ4n) is 2.87. The number of nitrogens with one attached hydrogen (secondary N) is 3. The number of hydrogen-bond acceptors (Lipinski definition) is 3. The molecule has 0 aliphatic carbocycles. The van der Waals surface area contributed by atoms with Crippen molar-refractivity contribution >= 4 is 35.0 Å². The van der Waals surface area contributed by atoms with E-state index in [2.05, 4.69) is 16.0 Å². The third-order valence-corrected chi connectivity index (χ3v) is 4.55. The van der Waals surface area contributed by atoms with Crippen LogP contribution in [0.1, 0.15) is 34.0 Å². The van der Waals surface area contributed by atoms with Crippen LogP contribution in [0.3, 0.4) is 0 Å². The highest BCUT2D eigenvalue weighted by Gasteiger charge is 2.19. The summed E-state index contributed by atoms with van der Waals surface area (Å²) in [5.74, 6) is -1.26. The molecule has 1 atom stereocenters. The standard InChI is InChI=1S/C21H24ClN3O3/c1-12-9-13(2)19(14(3)10-12)25-18(26)11-23-20(27)15(4)24-21(28)16-7-5-6-8-17(16)22/h5-10,15H,11H2,1-4H3,(H,23,27)(H,24,28)(H,25,26). The Balaban J connectivity index is 1.88. The van der Waals surface area contributed by atoms with Crippen LogP contribution in [-0.2, 0) is 9.59 Å². The summed E-state index contributed by atoms with van der Waals surface area (Å²) in [5.41, 5.74) is 4.05. The summed E-state index contributed by atoms with van der Waals surface area (Å²) >= 11 is 5.98. The van der Waals surface area contributed by atoms with E-state index in [9.17, 15) is 14.4 Å². The Morgan fingerprint density at radius 1 is 1.04 bits per heavy atom. The van der Waals surface area contributed by atoms with Crippen molar-refractivity contribution in [2.24, 2.45) is 0 Å². The van der Waals surface area contributed by atoms with Gasteiger partial charge in [-0.3, -0.25) is 14.4 Å². The molecular formula is C21H24ClN3O3. The number of aryl methyl sites for hydroxylation is 3. The lowest BCUT2D eigenvalue weighted by molar-refractivity contribution is -0.125. The van der Waals surface area contributed by atoms with Crippen LogP contribution in [0.5, 0.6) is 0 Å². The predicted molar refractivity (Wildman–Crippen MR) is 111 cm³/mol. The first-order valence-corrected chi connectivity index (χ1v) is 9.27. The normalized spacial score (nSPS) is 11.5. The van der Waals surface area contributed by atoms with Crippen molar-refractivity contribution < 1.29 is 14.4 Å². The minimum absolute atomic E-state index is 0.197. The zero-order chi connectivity index (χ0) is 20.8. The Kier molecular flexibility index (Phi) is 7.18. The molecule has 2 aromatic carbocycles. The van der Waals surface area contributed by atoms with Gasteiger partial charge < -0.3 is 16.0 Å². The summed E-state index contributed by atoms with van der Waals surface area (Å²) in [6.07, 6.45) is 0. The highest BCUT2D eigenvalue weighted by atomic mass is 35.5. The Bertz CT molecular complexity index is 889. The molecule has 1 unspecified atom stereocenters. The van der Waals surface area contributed by atoms with Crippen molar-refractivity contribution in [1.82, 2.24) is 10.6 Å². The molecular weight excluding hydrogens is 378 g/mol. The largest absolute Gasteiger partial charge is 0.345 e. The first-order valence-electron chi connectivity index (χ1n) is 8.90. The number of rotatable bonds is 6. The minimum Gasteiger partial charge on any atom is -0.345 e. The maximum atomic E-state index is 12.2. The Morgan fingerprint density at radius 2 is 1.64 bits per heavy atom. The molecule has 0 fully saturated rings. The average Bonchev–Trinajstić information content (AvgIpc) is 2.62. The van der Waals surface area contributed by atoms with Gasteiger partial charge in [-0.05, 0) is 51.0 Å². The number of anilines is 1. The van der Waals surface area contributed by atoms with E-state index < -0.39 is 17.9 Å². The molecule has 0 aliphatic heterocycles. The number of hydrogen-bond donors (Lipinski definition) is 3. The van der Waals surface area contributed by atoms with Crippen LogP contribution in [-0.4, -0.2) is 30.3 Å². The van der Waals surface area contributed by atoms with Crippen molar-refractivity contribution in [2.75, 3.05) is 11.9 Å². The summed E-state index contributed by atoms with van der Waals surface area (Å²) in [7, 11) is 0. The zero-order valence-electron chi connectivity index (χ0n) is 16.4. The molecule has 0 bridgehead atoms. The molecule has 6 nitrogen and oxygen atoms in total. The van der Waals surface area contributed by atoms with Gasteiger partial charge in [0.05, 0.1) is 17.1 Å². The minimum atomic E-state index is -0.820. The SMILES string of the molecule is Cc1cc(C)c(NC(=O)CNC(=O)C(C)NC(=O)c2ccccc2Cl)c(C)c1. The summed E-state index contributed by atoms with van der Waals surface area (Å²) in [5, 5.41) is 8.21. The average molecular weight is 402 g/mol. The molecule has 3 N–H and O–H groups in total. The van der Waals surface area contributed by atoms with E-state index in [1.165, 1.54) is 6.92 Å². The number of amides is 3. The molecule has 0 heterocycles. The molecule has 0 spiro atoms. The topological polar surface area (TPSA) is 87.3 Å². The fraction of sp³-hybridized carbons (Fsp3) is 0.286. The van der Waals surface area contributed by atoms with Gasteiger partial charge in [-0.25, -0.2) is 0 Å². The third-order valence-electron chi connectivity index (χ3n) is 4.22. The van der Waals surface area contributed by atoms with Crippen molar-refractivity contribution in [3.05, 3.63) is 63.7 Å². The predicted octanol–water partition coefficient (Wildman–Crippen LogP) is 3.14. The van der Waals surface area contributed by atoms with Gasteiger partial charge in [0.2, 0.25) is 11.8 Å². The highest BCUT2D eigenvalue weighted by Crippen LogP contribution is 2.21. The molecule has 0 radical (unpaired) electrons. The van der Waals surface area contributed by atoms with E-state index in [-0.39, 0.29) is 18.0 Å². The van der Waals surface area contributed by atoms with Crippen LogP contribution < -0.4 is 16.0 Å². The molecule has 0 saturated heterocycles.